The van der Waals surface area contributed by atoms with Crippen molar-refractivity contribution >= 4 is 33.2 Å². The van der Waals surface area contributed by atoms with Crippen molar-refractivity contribution in [2.24, 2.45) is 0 Å². The number of nitrogens with one attached hydrogen (secondary N) is 1. The van der Waals surface area contributed by atoms with Crippen LogP contribution in [0.3, 0.4) is 0 Å². The molecule has 0 bridgehead atoms. The average Bonchev–Trinajstić information content (AvgIpc) is 3.15. The molecule has 0 heterocycles. The van der Waals surface area contributed by atoms with E-state index in [4.69, 9.17) is 11.6 Å². The standard InChI is InChI=1S/C22H24ClF3N2O3S/c1-13(16-8-7-15-5-4-6-17(15)11-16)27-21(29)14(2)28(32(3,30)31)18-9-10-20(23)19(12-18)22(24,25)26/h7-14H,4-6H2,1-3H3,(H,27,29)/t13-,14+/m1/s1. The predicted molar refractivity (Wildman–Crippen MR) is 118 cm³/mol. The lowest BCUT2D eigenvalue weighted by molar-refractivity contribution is -0.137. The molecule has 10 heteroatoms. The number of fused-ring (bicyclic) bond motifs is 1. The number of sulfonamides is 1. The average molecular weight is 489 g/mol. The first-order valence-corrected chi connectivity index (χ1v) is 12.3. The first kappa shape index (κ1) is 24.4. The lowest BCUT2D eigenvalue weighted by atomic mass is 10.0. The number of amides is 1. The number of rotatable bonds is 6. The molecule has 2 aromatic carbocycles. The summed E-state index contributed by atoms with van der Waals surface area (Å²) in [6.07, 6.45) is -0.856. The zero-order valence-corrected chi connectivity index (χ0v) is 19.4. The summed E-state index contributed by atoms with van der Waals surface area (Å²) in [5.74, 6) is -0.632. The highest BCUT2D eigenvalue weighted by molar-refractivity contribution is 7.92. The Kier molecular flexibility index (Phi) is 6.81. The molecule has 2 aromatic rings. The van der Waals surface area contributed by atoms with Crippen molar-refractivity contribution in [3.8, 4) is 0 Å². The monoisotopic (exact) mass is 488 g/mol. The third-order valence-electron chi connectivity index (χ3n) is 5.58. The van der Waals surface area contributed by atoms with Gasteiger partial charge in [0, 0.05) is 0 Å². The summed E-state index contributed by atoms with van der Waals surface area (Å²) in [5, 5.41) is 2.21. The van der Waals surface area contributed by atoms with Crippen molar-refractivity contribution < 1.29 is 26.4 Å². The van der Waals surface area contributed by atoms with Gasteiger partial charge in [0.25, 0.3) is 0 Å². The fourth-order valence-corrected chi connectivity index (χ4v) is 5.35. The first-order chi connectivity index (χ1) is 14.8. The second-order valence-electron chi connectivity index (χ2n) is 8.01. The van der Waals surface area contributed by atoms with Crippen LogP contribution in [0.1, 0.15) is 48.6 Å². The van der Waals surface area contributed by atoms with Crippen LogP contribution in [0, 0.1) is 0 Å². The predicted octanol–water partition coefficient (Wildman–Crippen LogP) is 4.88. The summed E-state index contributed by atoms with van der Waals surface area (Å²) in [7, 11) is -4.08. The van der Waals surface area contributed by atoms with Gasteiger partial charge in [0.2, 0.25) is 15.9 Å². The Labute approximate surface area is 190 Å². The molecule has 3 rings (SSSR count). The van der Waals surface area contributed by atoms with Gasteiger partial charge in [-0.25, -0.2) is 8.42 Å². The van der Waals surface area contributed by atoms with Crippen LogP contribution < -0.4 is 9.62 Å². The van der Waals surface area contributed by atoms with E-state index in [1.807, 2.05) is 18.2 Å². The summed E-state index contributed by atoms with van der Waals surface area (Å²) < 4.78 is 65.4. The van der Waals surface area contributed by atoms with E-state index in [0.717, 1.165) is 43.2 Å². The second kappa shape index (κ2) is 8.94. The van der Waals surface area contributed by atoms with Crippen molar-refractivity contribution in [2.45, 2.75) is 51.4 Å². The Morgan fingerprint density at radius 2 is 1.75 bits per heavy atom. The van der Waals surface area contributed by atoms with E-state index < -0.39 is 44.8 Å². The first-order valence-electron chi connectivity index (χ1n) is 10.1. The number of nitrogens with zero attached hydrogens (tertiary/aromatic N) is 1. The number of hydrogen-bond acceptors (Lipinski definition) is 3. The maximum atomic E-state index is 13.3. The number of anilines is 1. The van der Waals surface area contributed by atoms with Crippen LogP contribution in [0.25, 0.3) is 0 Å². The summed E-state index contributed by atoms with van der Waals surface area (Å²) in [6, 6.07) is 7.03. The van der Waals surface area contributed by atoms with E-state index in [2.05, 4.69) is 5.32 Å². The Morgan fingerprint density at radius 3 is 2.38 bits per heavy atom. The molecular weight excluding hydrogens is 465 g/mol. The van der Waals surface area contributed by atoms with Crippen LogP contribution in [-0.4, -0.2) is 26.6 Å². The highest BCUT2D eigenvalue weighted by Gasteiger charge is 2.36. The fourth-order valence-electron chi connectivity index (χ4n) is 3.95. The zero-order chi connectivity index (χ0) is 23.8. The van der Waals surface area contributed by atoms with Gasteiger partial charge in [0.15, 0.2) is 0 Å². The second-order valence-corrected chi connectivity index (χ2v) is 10.3. The van der Waals surface area contributed by atoms with Gasteiger partial charge in [-0.2, -0.15) is 13.2 Å². The molecule has 32 heavy (non-hydrogen) atoms. The van der Waals surface area contributed by atoms with E-state index in [0.29, 0.717) is 10.4 Å². The van der Waals surface area contributed by atoms with Crippen molar-refractivity contribution in [2.75, 3.05) is 10.6 Å². The summed E-state index contributed by atoms with van der Waals surface area (Å²) in [5.41, 5.74) is 1.92. The van der Waals surface area contributed by atoms with Gasteiger partial charge in [0.1, 0.15) is 6.04 Å². The molecule has 0 aliphatic heterocycles. The summed E-state index contributed by atoms with van der Waals surface area (Å²) in [4.78, 5) is 12.9. The fraction of sp³-hybridized carbons (Fsp3) is 0.409. The number of carbonyl (C=O) groups excluding carboxylic acids is 1. The van der Waals surface area contributed by atoms with Crippen LogP contribution in [0.5, 0.6) is 0 Å². The zero-order valence-electron chi connectivity index (χ0n) is 17.8. The minimum Gasteiger partial charge on any atom is -0.348 e. The topological polar surface area (TPSA) is 66.5 Å². The number of benzene rings is 2. The van der Waals surface area contributed by atoms with Crippen LogP contribution in [-0.2, 0) is 33.8 Å². The SMILES string of the molecule is C[C@@H](NC(=O)[C@H](C)N(c1ccc(Cl)c(C(F)(F)F)c1)S(C)(=O)=O)c1ccc2c(c1)CCC2. The van der Waals surface area contributed by atoms with E-state index in [9.17, 15) is 26.4 Å². The third kappa shape index (κ3) is 5.20. The molecule has 0 saturated carbocycles. The molecule has 0 radical (unpaired) electrons. The summed E-state index contributed by atoms with van der Waals surface area (Å²) >= 11 is 5.65. The van der Waals surface area contributed by atoms with Crippen molar-refractivity contribution in [1.29, 1.82) is 0 Å². The molecule has 1 aliphatic carbocycles. The Balaban J connectivity index is 1.86. The Hall–Kier alpha value is -2.26. The number of hydrogen-bond donors (Lipinski definition) is 1. The molecule has 0 fully saturated rings. The quantitative estimate of drug-likeness (QED) is 0.630. The lowest BCUT2D eigenvalue weighted by Gasteiger charge is -2.30. The number of halogens is 4. The van der Waals surface area contributed by atoms with Gasteiger partial charge in [-0.15, -0.1) is 0 Å². The van der Waals surface area contributed by atoms with Crippen LogP contribution in [0.15, 0.2) is 36.4 Å². The number of carbonyl (C=O) groups is 1. The Morgan fingerprint density at radius 1 is 1.09 bits per heavy atom. The maximum Gasteiger partial charge on any atom is 0.417 e. The minimum atomic E-state index is -4.77. The largest absolute Gasteiger partial charge is 0.417 e. The third-order valence-corrected chi connectivity index (χ3v) is 7.15. The van der Waals surface area contributed by atoms with Crippen molar-refractivity contribution in [3.63, 3.8) is 0 Å². The lowest BCUT2D eigenvalue weighted by Crippen LogP contribution is -2.48. The van der Waals surface area contributed by atoms with Gasteiger partial charge >= 0.3 is 6.18 Å². The molecule has 5 nitrogen and oxygen atoms in total. The van der Waals surface area contributed by atoms with Gasteiger partial charge in [-0.1, -0.05) is 29.8 Å². The van der Waals surface area contributed by atoms with Crippen LogP contribution in [0.2, 0.25) is 5.02 Å². The molecule has 1 aliphatic rings. The smallest absolute Gasteiger partial charge is 0.348 e. The Bertz CT molecular complexity index is 1140. The van der Waals surface area contributed by atoms with Gasteiger partial charge in [-0.3, -0.25) is 9.10 Å². The van der Waals surface area contributed by atoms with Crippen LogP contribution >= 0.6 is 11.6 Å². The van der Waals surface area contributed by atoms with Crippen molar-refractivity contribution in [3.05, 3.63) is 63.7 Å². The van der Waals surface area contributed by atoms with Gasteiger partial charge in [-0.05, 0) is 68.0 Å². The van der Waals surface area contributed by atoms with Gasteiger partial charge < -0.3 is 5.32 Å². The minimum absolute atomic E-state index is 0.294. The van der Waals surface area contributed by atoms with Crippen molar-refractivity contribution in [1.82, 2.24) is 5.32 Å². The normalized spacial score (nSPS) is 15.7. The molecule has 0 unspecified atom stereocenters. The van der Waals surface area contributed by atoms with E-state index >= 15 is 0 Å². The number of alkyl halides is 3. The van der Waals surface area contributed by atoms with E-state index in [-0.39, 0.29) is 5.69 Å². The molecule has 174 valence electrons. The van der Waals surface area contributed by atoms with Crippen LogP contribution in [0.4, 0.5) is 18.9 Å². The highest BCUT2D eigenvalue weighted by Crippen LogP contribution is 2.38. The molecule has 1 N–H and O–H groups in total. The number of aryl methyl sites for hydroxylation is 2. The molecule has 0 spiro atoms. The van der Waals surface area contributed by atoms with E-state index in [1.54, 1.807) is 6.92 Å². The molecule has 2 atom stereocenters. The van der Waals surface area contributed by atoms with E-state index in [1.165, 1.54) is 18.1 Å². The maximum absolute atomic E-state index is 13.3. The van der Waals surface area contributed by atoms with Gasteiger partial charge in [0.05, 0.1) is 28.6 Å². The molecule has 0 aromatic heterocycles. The molecule has 0 saturated heterocycles. The molecular formula is C22H24ClF3N2O3S. The molecule has 1 amide bonds. The highest BCUT2D eigenvalue weighted by atomic mass is 35.5. The summed E-state index contributed by atoms with van der Waals surface area (Å²) in [6.45, 7) is 3.10.